The molecule has 0 spiro atoms. The first-order valence-electron chi connectivity index (χ1n) is 5.24. The van der Waals surface area contributed by atoms with Gasteiger partial charge in [-0.15, -0.1) is 0 Å². The first-order valence-corrected chi connectivity index (χ1v) is 7.55. The normalized spacial score (nSPS) is 10.5. The maximum absolute atomic E-state index is 11.3. The first kappa shape index (κ1) is 15.3. The van der Waals surface area contributed by atoms with Gasteiger partial charge in [0.25, 0.3) is 15.0 Å². The molecule has 0 aliphatic carbocycles. The lowest BCUT2D eigenvalue weighted by atomic mass is 10.3. The molecule has 1 aromatic rings. The molecule has 0 bridgehead atoms. The van der Waals surface area contributed by atoms with Gasteiger partial charge in [-0.3, -0.25) is 4.79 Å². The Morgan fingerprint density at radius 1 is 1.37 bits per heavy atom. The van der Waals surface area contributed by atoms with Crippen LogP contribution in [0, 0.1) is 11.3 Å². The Hall–Kier alpha value is -1.78. The highest BCUT2D eigenvalue weighted by atomic mass is 35.7. The van der Waals surface area contributed by atoms with Crippen LogP contribution >= 0.6 is 10.7 Å². The van der Waals surface area contributed by atoms with Crippen molar-refractivity contribution in [3.05, 3.63) is 24.3 Å². The average molecular weight is 303 g/mol. The topological polar surface area (TPSA) is 96.3 Å². The molecule has 0 atom stereocenters. The summed E-state index contributed by atoms with van der Waals surface area (Å²) in [7, 11) is 1.39. The molecule has 0 saturated carbocycles. The van der Waals surface area contributed by atoms with E-state index in [0.717, 1.165) is 0 Å². The van der Waals surface area contributed by atoms with Gasteiger partial charge in [0.1, 0.15) is 5.75 Å². The van der Waals surface area contributed by atoms with Gasteiger partial charge in [0.15, 0.2) is 6.61 Å². The van der Waals surface area contributed by atoms with Gasteiger partial charge in [-0.25, -0.2) is 8.42 Å². The van der Waals surface area contributed by atoms with E-state index < -0.39 is 9.05 Å². The first-order chi connectivity index (χ1) is 8.93. The zero-order chi connectivity index (χ0) is 14.3. The van der Waals surface area contributed by atoms with Crippen LogP contribution in [0.15, 0.2) is 29.2 Å². The number of ether oxygens (including phenoxy) is 1. The predicted molar refractivity (Wildman–Crippen MR) is 68.2 cm³/mol. The van der Waals surface area contributed by atoms with E-state index in [1.807, 2.05) is 6.07 Å². The van der Waals surface area contributed by atoms with Crippen LogP contribution in [-0.4, -0.2) is 27.5 Å². The minimum atomic E-state index is -3.76. The number of nitriles is 1. The zero-order valence-electron chi connectivity index (χ0n) is 9.80. The predicted octanol–water partition coefficient (Wildman–Crippen LogP) is 1.02. The molecule has 0 heterocycles. The lowest BCUT2D eigenvalue weighted by Gasteiger charge is -2.06. The van der Waals surface area contributed by atoms with Crippen LogP contribution in [0.5, 0.6) is 5.75 Å². The Morgan fingerprint density at radius 3 is 2.53 bits per heavy atom. The molecule has 102 valence electrons. The molecule has 1 N–H and O–H groups in total. The maximum atomic E-state index is 11.3. The molecule has 1 aromatic carbocycles. The van der Waals surface area contributed by atoms with Crippen LogP contribution in [0.1, 0.15) is 6.42 Å². The highest BCUT2D eigenvalue weighted by Gasteiger charge is 2.09. The lowest BCUT2D eigenvalue weighted by molar-refractivity contribution is -0.123. The van der Waals surface area contributed by atoms with Crippen molar-refractivity contribution in [2.24, 2.45) is 0 Å². The van der Waals surface area contributed by atoms with Gasteiger partial charge in [0.2, 0.25) is 0 Å². The molecule has 0 aliphatic rings. The second-order valence-corrected chi connectivity index (χ2v) is 6.02. The quantitative estimate of drug-likeness (QED) is 0.625. The van der Waals surface area contributed by atoms with Crippen molar-refractivity contribution in [2.45, 2.75) is 11.3 Å². The third-order valence-electron chi connectivity index (χ3n) is 2.03. The second-order valence-electron chi connectivity index (χ2n) is 3.46. The minimum absolute atomic E-state index is 0.0417. The fraction of sp³-hybridized carbons (Fsp3) is 0.273. The van der Waals surface area contributed by atoms with E-state index >= 15 is 0 Å². The molecule has 19 heavy (non-hydrogen) atoms. The van der Waals surface area contributed by atoms with E-state index in [9.17, 15) is 13.2 Å². The summed E-state index contributed by atoms with van der Waals surface area (Å²) in [6.45, 7) is 0.0561. The highest BCUT2D eigenvalue weighted by molar-refractivity contribution is 8.13. The van der Waals surface area contributed by atoms with Crippen LogP contribution in [0.2, 0.25) is 0 Å². The van der Waals surface area contributed by atoms with Crippen molar-refractivity contribution >= 4 is 25.6 Å². The Balaban J connectivity index is 2.47. The summed E-state index contributed by atoms with van der Waals surface area (Å²) in [4.78, 5) is 11.2. The van der Waals surface area contributed by atoms with Crippen LogP contribution in [-0.2, 0) is 13.8 Å². The van der Waals surface area contributed by atoms with Gasteiger partial charge < -0.3 is 10.1 Å². The summed E-state index contributed by atoms with van der Waals surface area (Å²) in [6.07, 6.45) is 0.230. The SMILES string of the molecule is N#CCCNC(=O)COc1ccc(S(=O)(=O)Cl)cc1. The number of nitrogens with zero attached hydrogens (tertiary/aromatic N) is 1. The van der Waals surface area contributed by atoms with Gasteiger partial charge in [-0.2, -0.15) is 5.26 Å². The monoisotopic (exact) mass is 302 g/mol. The zero-order valence-corrected chi connectivity index (χ0v) is 11.4. The molecular formula is C11H11ClN2O4S. The van der Waals surface area contributed by atoms with E-state index in [-0.39, 0.29) is 30.4 Å². The fourth-order valence-corrected chi connectivity index (χ4v) is 1.93. The summed E-state index contributed by atoms with van der Waals surface area (Å²) in [6, 6.07) is 7.26. The van der Waals surface area contributed by atoms with Crippen molar-refractivity contribution < 1.29 is 17.9 Å². The number of benzene rings is 1. The number of hydrogen-bond donors (Lipinski definition) is 1. The summed E-state index contributed by atoms with van der Waals surface area (Å²) in [5.74, 6) is -0.0104. The van der Waals surface area contributed by atoms with Crippen molar-refractivity contribution in [1.29, 1.82) is 5.26 Å². The molecule has 1 amide bonds. The molecule has 0 unspecified atom stereocenters. The van der Waals surface area contributed by atoms with E-state index in [0.29, 0.717) is 5.75 Å². The number of halogens is 1. The van der Waals surface area contributed by atoms with E-state index in [2.05, 4.69) is 5.32 Å². The highest BCUT2D eigenvalue weighted by Crippen LogP contribution is 2.18. The van der Waals surface area contributed by atoms with Gasteiger partial charge in [-0.1, -0.05) is 0 Å². The number of carbonyl (C=O) groups is 1. The molecule has 6 nitrogen and oxygen atoms in total. The molecule has 0 aromatic heterocycles. The van der Waals surface area contributed by atoms with E-state index in [1.54, 1.807) is 0 Å². The Labute approximate surface area is 115 Å². The van der Waals surface area contributed by atoms with Crippen LogP contribution < -0.4 is 10.1 Å². The van der Waals surface area contributed by atoms with Crippen LogP contribution in [0.4, 0.5) is 0 Å². The molecule has 1 rings (SSSR count). The number of hydrogen-bond acceptors (Lipinski definition) is 5. The summed E-state index contributed by atoms with van der Waals surface area (Å²) >= 11 is 0. The summed E-state index contributed by atoms with van der Waals surface area (Å²) < 4.78 is 27.1. The number of carbonyl (C=O) groups excluding carboxylic acids is 1. The number of amides is 1. The van der Waals surface area contributed by atoms with Gasteiger partial charge in [0.05, 0.1) is 17.4 Å². The van der Waals surface area contributed by atoms with Crippen LogP contribution in [0.25, 0.3) is 0 Å². The molecule has 0 fully saturated rings. The largest absolute Gasteiger partial charge is 0.484 e. The molecule has 0 aliphatic heterocycles. The van der Waals surface area contributed by atoms with Crippen molar-refractivity contribution in [3.8, 4) is 11.8 Å². The number of nitrogens with one attached hydrogen (secondary N) is 1. The Bertz CT molecular complexity index is 578. The third-order valence-corrected chi connectivity index (χ3v) is 3.40. The van der Waals surface area contributed by atoms with Gasteiger partial charge in [0, 0.05) is 17.2 Å². The fourth-order valence-electron chi connectivity index (χ4n) is 1.16. The van der Waals surface area contributed by atoms with Gasteiger partial charge in [-0.05, 0) is 24.3 Å². The number of rotatable bonds is 6. The Morgan fingerprint density at radius 2 is 2.00 bits per heavy atom. The smallest absolute Gasteiger partial charge is 0.261 e. The van der Waals surface area contributed by atoms with Crippen molar-refractivity contribution in [2.75, 3.05) is 13.2 Å². The average Bonchev–Trinajstić information content (AvgIpc) is 2.36. The van der Waals surface area contributed by atoms with Crippen molar-refractivity contribution in [1.82, 2.24) is 5.32 Å². The molecule has 8 heteroatoms. The van der Waals surface area contributed by atoms with E-state index in [1.165, 1.54) is 24.3 Å². The summed E-state index contributed by atoms with van der Waals surface area (Å²) in [5, 5.41) is 10.8. The standard InChI is InChI=1S/C11H11ClN2O4S/c12-19(16,17)10-4-2-9(3-5-10)18-8-11(15)14-7-1-6-13/h2-5H,1,7-8H2,(H,14,15). The minimum Gasteiger partial charge on any atom is -0.484 e. The molecule has 0 radical (unpaired) electrons. The maximum Gasteiger partial charge on any atom is 0.261 e. The third kappa shape index (κ3) is 5.59. The summed E-state index contributed by atoms with van der Waals surface area (Å²) in [5.41, 5.74) is 0. The second kappa shape index (κ2) is 6.97. The van der Waals surface area contributed by atoms with Gasteiger partial charge >= 0.3 is 0 Å². The van der Waals surface area contributed by atoms with Crippen LogP contribution in [0.3, 0.4) is 0 Å². The van der Waals surface area contributed by atoms with Crippen molar-refractivity contribution in [3.63, 3.8) is 0 Å². The molecule has 0 saturated heterocycles. The Kier molecular flexibility index (Phi) is 5.60. The molecular weight excluding hydrogens is 292 g/mol. The lowest BCUT2D eigenvalue weighted by Crippen LogP contribution is -2.29. The van der Waals surface area contributed by atoms with E-state index in [4.69, 9.17) is 20.7 Å².